The quantitative estimate of drug-likeness (QED) is 0.725. The Morgan fingerprint density at radius 2 is 2.41 bits per heavy atom. The SMILES string of the molecule is Cc1cccc2oc(N[C@@H](CS)C(=O)O)nc12. The lowest BCUT2D eigenvalue weighted by molar-refractivity contribution is -0.137. The Labute approximate surface area is 103 Å². The monoisotopic (exact) mass is 252 g/mol. The first-order valence-corrected chi connectivity index (χ1v) is 5.71. The predicted octanol–water partition coefficient (Wildman–Crippen LogP) is 1.93. The van der Waals surface area contributed by atoms with Crippen molar-refractivity contribution >= 4 is 35.7 Å². The van der Waals surface area contributed by atoms with E-state index in [9.17, 15) is 4.79 Å². The van der Waals surface area contributed by atoms with Crippen molar-refractivity contribution in [1.82, 2.24) is 4.98 Å². The number of aliphatic carboxylic acids is 1. The summed E-state index contributed by atoms with van der Waals surface area (Å²) >= 11 is 3.96. The topological polar surface area (TPSA) is 75.4 Å². The van der Waals surface area contributed by atoms with Crippen LogP contribution >= 0.6 is 12.6 Å². The molecule has 1 aromatic heterocycles. The van der Waals surface area contributed by atoms with Crippen molar-refractivity contribution in [1.29, 1.82) is 0 Å². The van der Waals surface area contributed by atoms with Gasteiger partial charge in [-0.25, -0.2) is 4.79 Å². The van der Waals surface area contributed by atoms with Gasteiger partial charge in [0.05, 0.1) is 0 Å². The number of carboxylic acid groups (broad SMARTS) is 1. The molecule has 0 unspecified atom stereocenters. The highest BCUT2D eigenvalue weighted by molar-refractivity contribution is 7.80. The van der Waals surface area contributed by atoms with Crippen LogP contribution in [0.3, 0.4) is 0 Å². The van der Waals surface area contributed by atoms with Gasteiger partial charge in [0, 0.05) is 5.75 Å². The van der Waals surface area contributed by atoms with Gasteiger partial charge in [-0.3, -0.25) is 0 Å². The average molecular weight is 252 g/mol. The third-order valence-corrected chi connectivity index (χ3v) is 2.76. The van der Waals surface area contributed by atoms with Crippen LogP contribution in [0.15, 0.2) is 22.6 Å². The summed E-state index contributed by atoms with van der Waals surface area (Å²) in [4.78, 5) is 15.0. The van der Waals surface area contributed by atoms with Crippen LogP contribution in [0.2, 0.25) is 0 Å². The highest BCUT2D eigenvalue weighted by Crippen LogP contribution is 2.22. The lowest BCUT2D eigenvalue weighted by Crippen LogP contribution is -2.30. The van der Waals surface area contributed by atoms with Gasteiger partial charge in [0.2, 0.25) is 0 Å². The molecular weight excluding hydrogens is 240 g/mol. The zero-order valence-electron chi connectivity index (χ0n) is 9.17. The number of nitrogens with zero attached hydrogens (tertiary/aromatic N) is 1. The number of aryl methyl sites for hydroxylation is 1. The van der Waals surface area contributed by atoms with E-state index in [1.54, 1.807) is 6.07 Å². The van der Waals surface area contributed by atoms with Gasteiger partial charge in [0.25, 0.3) is 6.01 Å². The fourth-order valence-electron chi connectivity index (χ4n) is 1.48. The van der Waals surface area contributed by atoms with Crippen LogP contribution < -0.4 is 5.32 Å². The number of carbonyl (C=O) groups is 1. The number of nitrogens with one attached hydrogen (secondary N) is 1. The first-order chi connectivity index (χ1) is 8.11. The molecule has 6 heteroatoms. The summed E-state index contributed by atoms with van der Waals surface area (Å²) < 4.78 is 5.41. The maximum atomic E-state index is 10.8. The third kappa shape index (κ3) is 2.36. The molecule has 1 aromatic carbocycles. The van der Waals surface area contributed by atoms with Gasteiger partial charge in [0.15, 0.2) is 5.58 Å². The molecule has 2 aromatic rings. The Balaban J connectivity index is 2.31. The summed E-state index contributed by atoms with van der Waals surface area (Å²) in [6.07, 6.45) is 0. The highest BCUT2D eigenvalue weighted by Gasteiger charge is 2.18. The van der Waals surface area contributed by atoms with E-state index < -0.39 is 12.0 Å². The number of para-hydroxylation sites is 1. The Morgan fingerprint density at radius 1 is 1.65 bits per heavy atom. The van der Waals surface area contributed by atoms with E-state index in [1.165, 1.54) is 0 Å². The molecule has 1 heterocycles. The van der Waals surface area contributed by atoms with E-state index in [0.29, 0.717) is 5.58 Å². The Kier molecular flexibility index (Phi) is 3.23. The number of fused-ring (bicyclic) bond motifs is 1. The fraction of sp³-hybridized carbons (Fsp3) is 0.273. The van der Waals surface area contributed by atoms with E-state index in [2.05, 4.69) is 22.9 Å². The van der Waals surface area contributed by atoms with Gasteiger partial charge in [-0.2, -0.15) is 17.6 Å². The van der Waals surface area contributed by atoms with Crippen molar-refractivity contribution in [2.75, 3.05) is 11.1 Å². The molecule has 0 bridgehead atoms. The number of hydrogen-bond acceptors (Lipinski definition) is 5. The Morgan fingerprint density at radius 3 is 3.00 bits per heavy atom. The lowest BCUT2D eigenvalue weighted by atomic mass is 10.2. The molecule has 0 spiro atoms. The van der Waals surface area contributed by atoms with Gasteiger partial charge in [-0.05, 0) is 18.6 Å². The number of carboxylic acids is 1. The summed E-state index contributed by atoms with van der Waals surface area (Å²) in [6, 6.07) is 4.96. The van der Waals surface area contributed by atoms with Crippen LogP contribution in [0, 0.1) is 6.92 Å². The molecule has 0 fully saturated rings. The molecule has 0 radical (unpaired) electrons. The zero-order chi connectivity index (χ0) is 12.4. The Hall–Kier alpha value is -1.69. The van der Waals surface area contributed by atoms with Crippen LogP contribution in [0.4, 0.5) is 6.01 Å². The lowest BCUT2D eigenvalue weighted by Gasteiger charge is -2.08. The minimum absolute atomic E-state index is 0.160. The molecule has 0 amide bonds. The average Bonchev–Trinajstić information content (AvgIpc) is 2.69. The molecule has 0 saturated heterocycles. The van der Waals surface area contributed by atoms with Gasteiger partial charge in [0.1, 0.15) is 11.6 Å². The molecule has 90 valence electrons. The first-order valence-electron chi connectivity index (χ1n) is 5.08. The second-order valence-corrected chi connectivity index (χ2v) is 4.02. The molecule has 0 aliphatic carbocycles. The van der Waals surface area contributed by atoms with Crippen molar-refractivity contribution in [3.8, 4) is 0 Å². The maximum absolute atomic E-state index is 10.8. The van der Waals surface area contributed by atoms with E-state index >= 15 is 0 Å². The number of rotatable bonds is 4. The van der Waals surface area contributed by atoms with Crippen molar-refractivity contribution in [2.45, 2.75) is 13.0 Å². The van der Waals surface area contributed by atoms with E-state index in [1.807, 2.05) is 19.1 Å². The summed E-state index contributed by atoms with van der Waals surface area (Å²) in [5.41, 5.74) is 2.35. The molecular formula is C11H12N2O3S. The number of hydrogen-bond donors (Lipinski definition) is 3. The second kappa shape index (κ2) is 4.67. The molecule has 0 saturated carbocycles. The largest absolute Gasteiger partial charge is 0.480 e. The summed E-state index contributed by atoms with van der Waals surface area (Å²) in [6.45, 7) is 1.92. The molecule has 1 atom stereocenters. The Bertz CT molecular complexity index is 553. The van der Waals surface area contributed by atoms with E-state index in [-0.39, 0.29) is 11.8 Å². The molecule has 0 aliphatic heterocycles. The number of anilines is 1. The fourth-order valence-corrected chi connectivity index (χ4v) is 1.73. The molecule has 5 nitrogen and oxygen atoms in total. The predicted molar refractivity (Wildman–Crippen MR) is 67.6 cm³/mol. The number of aromatic nitrogens is 1. The third-order valence-electron chi connectivity index (χ3n) is 2.40. The summed E-state index contributed by atoms with van der Waals surface area (Å²) in [7, 11) is 0. The van der Waals surface area contributed by atoms with Crippen LogP contribution in [-0.2, 0) is 4.79 Å². The summed E-state index contributed by atoms with van der Waals surface area (Å²) in [5.74, 6) is -0.827. The standard InChI is InChI=1S/C11H12N2O3S/c1-6-3-2-4-8-9(6)13-11(16-8)12-7(5-17)10(14)15/h2-4,7,17H,5H2,1H3,(H,12,13)(H,14,15)/t7-/m0/s1. The number of benzene rings is 1. The molecule has 2 rings (SSSR count). The smallest absolute Gasteiger partial charge is 0.327 e. The highest BCUT2D eigenvalue weighted by atomic mass is 32.1. The molecule has 0 aliphatic rings. The van der Waals surface area contributed by atoms with Gasteiger partial charge in [-0.15, -0.1) is 0 Å². The number of oxazole rings is 1. The van der Waals surface area contributed by atoms with Crippen LogP contribution in [0.5, 0.6) is 0 Å². The van der Waals surface area contributed by atoms with Gasteiger partial charge in [-0.1, -0.05) is 12.1 Å². The molecule has 2 N–H and O–H groups in total. The minimum atomic E-state index is -0.987. The maximum Gasteiger partial charge on any atom is 0.327 e. The van der Waals surface area contributed by atoms with Crippen molar-refractivity contribution in [2.24, 2.45) is 0 Å². The van der Waals surface area contributed by atoms with Crippen LogP contribution in [0.25, 0.3) is 11.1 Å². The first kappa shape index (κ1) is 11.8. The van der Waals surface area contributed by atoms with Crippen LogP contribution in [-0.4, -0.2) is 27.9 Å². The van der Waals surface area contributed by atoms with Crippen molar-refractivity contribution < 1.29 is 14.3 Å². The molecule has 17 heavy (non-hydrogen) atoms. The summed E-state index contributed by atoms with van der Waals surface area (Å²) in [5, 5.41) is 11.6. The zero-order valence-corrected chi connectivity index (χ0v) is 10.1. The number of thiol groups is 1. The normalized spacial score (nSPS) is 12.6. The van der Waals surface area contributed by atoms with Crippen LogP contribution in [0.1, 0.15) is 5.56 Å². The van der Waals surface area contributed by atoms with E-state index in [0.717, 1.165) is 11.1 Å². The van der Waals surface area contributed by atoms with Crippen molar-refractivity contribution in [3.63, 3.8) is 0 Å². The second-order valence-electron chi connectivity index (χ2n) is 3.66. The van der Waals surface area contributed by atoms with Gasteiger partial charge >= 0.3 is 5.97 Å². The van der Waals surface area contributed by atoms with Gasteiger partial charge < -0.3 is 14.8 Å². The minimum Gasteiger partial charge on any atom is -0.480 e. The van der Waals surface area contributed by atoms with Crippen molar-refractivity contribution in [3.05, 3.63) is 23.8 Å². The van der Waals surface area contributed by atoms with E-state index in [4.69, 9.17) is 9.52 Å².